The molecule has 2 saturated heterocycles. The van der Waals surface area contributed by atoms with Crippen LogP contribution in [-0.4, -0.2) is 101 Å². The summed E-state index contributed by atoms with van der Waals surface area (Å²) in [6, 6.07) is 3.01. The number of halogens is 2. The third-order valence-electron chi connectivity index (χ3n) is 6.29. The minimum Gasteiger partial charge on any atom is -0.444 e. The normalized spacial score (nSPS) is 19.8. The molecule has 3 rings (SSSR count). The summed E-state index contributed by atoms with van der Waals surface area (Å²) in [5.74, 6) is -0.772. The number of urea groups is 1. The number of carbonyl (C=O) groups is 3. The molecule has 2 heterocycles. The van der Waals surface area contributed by atoms with E-state index in [1.54, 1.807) is 30.6 Å². The van der Waals surface area contributed by atoms with Crippen LogP contribution >= 0.6 is 11.6 Å². The van der Waals surface area contributed by atoms with Crippen LogP contribution in [-0.2, 0) is 9.53 Å². The molecule has 1 aromatic carbocycles. The second-order valence-corrected chi connectivity index (χ2v) is 11.6. The smallest absolute Gasteiger partial charge is 0.411 e. The van der Waals surface area contributed by atoms with Crippen molar-refractivity contribution in [1.29, 1.82) is 0 Å². The van der Waals surface area contributed by atoms with Crippen molar-refractivity contribution in [3.05, 3.63) is 29.0 Å². The predicted octanol–water partition coefficient (Wildman–Crippen LogP) is 3.88. The van der Waals surface area contributed by atoms with Crippen LogP contribution in [0.1, 0.15) is 41.5 Å². The zero-order chi connectivity index (χ0) is 26.8. The number of nitrogens with one attached hydrogen (secondary N) is 1. The van der Waals surface area contributed by atoms with E-state index in [1.807, 2.05) is 0 Å². The summed E-state index contributed by atoms with van der Waals surface area (Å²) < 4.78 is 19.3. The van der Waals surface area contributed by atoms with E-state index in [0.29, 0.717) is 51.5 Å². The van der Waals surface area contributed by atoms with Gasteiger partial charge in [-0.25, -0.2) is 14.0 Å². The van der Waals surface area contributed by atoms with Crippen LogP contribution in [0.25, 0.3) is 0 Å². The Balaban J connectivity index is 1.65. The first-order chi connectivity index (χ1) is 16.7. The van der Waals surface area contributed by atoms with Crippen LogP contribution in [0.15, 0.2) is 18.2 Å². The monoisotopic (exact) mass is 525 g/mol. The summed E-state index contributed by atoms with van der Waals surface area (Å²) >= 11 is 5.70. The molecule has 0 aliphatic carbocycles. The van der Waals surface area contributed by atoms with Gasteiger partial charge in [-0.2, -0.15) is 0 Å². The molecule has 4 amide bonds. The van der Waals surface area contributed by atoms with E-state index < -0.39 is 23.6 Å². The summed E-state index contributed by atoms with van der Waals surface area (Å²) in [5, 5.41) is 2.64. The summed E-state index contributed by atoms with van der Waals surface area (Å²) in [7, 11) is 0. The van der Waals surface area contributed by atoms with Gasteiger partial charge < -0.3 is 19.9 Å². The zero-order valence-electron chi connectivity index (χ0n) is 21.9. The van der Waals surface area contributed by atoms with Crippen molar-refractivity contribution in [2.24, 2.45) is 0 Å². The van der Waals surface area contributed by atoms with E-state index in [2.05, 4.69) is 31.0 Å². The number of rotatable bonds is 2. The molecule has 36 heavy (non-hydrogen) atoms. The molecule has 1 N–H and O–H groups in total. The van der Waals surface area contributed by atoms with Crippen LogP contribution in [0.5, 0.6) is 0 Å². The lowest BCUT2D eigenvalue weighted by Gasteiger charge is -2.47. The number of carbonyl (C=O) groups excluding carboxylic acids is 3. The molecule has 1 aromatic rings. The summed E-state index contributed by atoms with van der Waals surface area (Å²) in [6.45, 7) is 14.4. The predicted molar refractivity (Wildman–Crippen MR) is 137 cm³/mol. The number of nitrogens with zero attached hydrogens (tertiary/aromatic N) is 4. The van der Waals surface area contributed by atoms with Gasteiger partial charge in [0, 0.05) is 57.0 Å². The van der Waals surface area contributed by atoms with Crippen molar-refractivity contribution in [3.63, 3.8) is 0 Å². The minimum atomic E-state index is -0.676. The van der Waals surface area contributed by atoms with Gasteiger partial charge in [0.25, 0.3) is 0 Å². The van der Waals surface area contributed by atoms with Crippen molar-refractivity contribution < 1.29 is 23.5 Å². The van der Waals surface area contributed by atoms with E-state index >= 15 is 0 Å². The number of amides is 4. The Morgan fingerprint density at radius 2 is 1.58 bits per heavy atom. The second kappa shape index (κ2) is 10.8. The molecular weight excluding hydrogens is 489 g/mol. The molecule has 0 saturated carbocycles. The fourth-order valence-corrected chi connectivity index (χ4v) is 4.38. The van der Waals surface area contributed by atoms with Gasteiger partial charge in [0.1, 0.15) is 17.5 Å². The van der Waals surface area contributed by atoms with Gasteiger partial charge >= 0.3 is 12.1 Å². The van der Waals surface area contributed by atoms with Gasteiger partial charge in [-0.3, -0.25) is 14.6 Å². The molecule has 200 valence electrons. The number of hydrogen-bond acceptors (Lipinski definition) is 5. The fourth-order valence-electron chi connectivity index (χ4n) is 4.26. The minimum absolute atomic E-state index is 0.0201. The van der Waals surface area contributed by atoms with Gasteiger partial charge in [-0.1, -0.05) is 11.6 Å². The largest absolute Gasteiger partial charge is 0.444 e. The van der Waals surface area contributed by atoms with Crippen molar-refractivity contribution in [3.8, 4) is 0 Å². The van der Waals surface area contributed by atoms with E-state index in [9.17, 15) is 18.8 Å². The number of benzene rings is 1. The first-order valence-corrected chi connectivity index (χ1v) is 12.6. The first kappa shape index (κ1) is 28.0. The van der Waals surface area contributed by atoms with Crippen LogP contribution < -0.4 is 5.32 Å². The van der Waals surface area contributed by atoms with Crippen molar-refractivity contribution in [1.82, 2.24) is 19.6 Å². The molecule has 1 unspecified atom stereocenters. The van der Waals surface area contributed by atoms with Crippen molar-refractivity contribution in [2.45, 2.75) is 58.7 Å². The lowest BCUT2D eigenvalue weighted by Crippen LogP contribution is -2.65. The zero-order valence-corrected chi connectivity index (χ0v) is 22.7. The van der Waals surface area contributed by atoms with Crippen LogP contribution in [0, 0.1) is 5.82 Å². The van der Waals surface area contributed by atoms with Gasteiger partial charge in [0.15, 0.2) is 0 Å². The molecule has 1 atom stereocenters. The topological polar surface area (TPSA) is 85.4 Å². The number of hydrogen-bond donors (Lipinski definition) is 1. The first-order valence-electron chi connectivity index (χ1n) is 12.2. The second-order valence-electron chi connectivity index (χ2n) is 11.2. The van der Waals surface area contributed by atoms with E-state index in [-0.39, 0.29) is 22.5 Å². The maximum atomic E-state index is 13.7. The maximum absolute atomic E-state index is 13.7. The summed E-state index contributed by atoms with van der Waals surface area (Å²) in [5.41, 5.74) is -0.521. The van der Waals surface area contributed by atoms with Crippen LogP contribution in [0.3, 0.4) is 0 Å². The van der Waals surface area contributed by atoms with Gasteiger partial charge in [0.05, 0.1) is 5.02 Å². The van der Waals surface area contributed by atoms with Crippen molar-refractivity contribution >= 4 is 35.3 Å². The molecule has 0 aromatic heterocycles. The summed E-state index contributed by atoms with van der Waals surface area (Å²) in [6.07, 6.45) is -0.498. The molecule has 0 spiro atoms. The van der Waals surface area contributed by atoms with E-state index in [1.165, 1.54) is 17.0 Å². The quantitative estimate of drug-likeness (QED) is 0.633. The molecule has 11 heteroatoms. The Labute approximate surface area is 217 Å². The average Bonchev–Trinajstić information content (AvgIpc) is 2.79. The maximum Gasteiger partial charge on any atom is 0.411 e. The Kier molecular flexibility index (Phi) is 8.40. The molecule has 2 aliphatic heterocycles. The SMILES string of the molecule is CC(C)(C)OC(=O)N1CCN(C(C)(C)C)CC1C(=O)N1CCN(C(=O)Nc2ccc(Cl)c(F)c2)CC1. The number of ether oxygens (including phenoxy) is 1. The highest BCUT2D eigenvalue weighted by Gasteiger charge is 2.42. The standard InChI is InChI=1S/C25H37ClFN5O4/c1-24(2,3)31-13-14-32(23(35)36-25(4,5)6)20(16-31)21(33)29-9-11-30(12-10-29)22(34)28-17-7-8-18(26)19(27)15-17/h7-8,15,20H,9-14,16H2,1-6H3,(H,28,34). The highest BCUT2D eigenvalue weighted by atomic mass is 35.5. The van der Waals surface area contributed by atoms with Gasteiger partial charge in [-0.15, -0.1) is 0 Å². The Hall–Kier alpha value is -2.59. The third kappa shape index (κ3) is 7.00. The Morgan fingerprint density at radius 1 is 0.972 bits per heavy atom. The third-order valence-corrected chi connectivity index (χ3v) is 6.60. The number of piperazine rings is 2. The Morgan fingerprint density at radius 3 is 2.14 bits per heavy atom. The van der Waals surface area contributed by atoms with E-state index in [4.69, 9.17) is 16.3 Å². The fraction of sp³-hybridized carbons (Fsp3) is 0.640. The molecular formula is C25H37ClFN5O4. The average molecular weight is 526 g/mol. The van der Waals surface area contributed by atoms with Crippen molar-refractivity contribution in [2.75, 3.05) is 51.1 Å². The lowest BCUT2D eigenvalue weighted by molar-refractivity contribution is -0.141. The molecule has 2 fully saturated rings. The highest BCUT2D eigenvalue weighted by Crippen LogP contribution is 2.24. The van der Waals surface area contributed by atoms with Crippen LogP contribution in [0.4, 0.5) is 19.7 Å². The molecule has 2 aliphatic rings. The van der Waals surface area contributed by atoms with Gasteiger partial charge in [-0.05, 0) is 59.7 Å². The molecule has 0 bridgehead atoms. The van der Waals surface area contributed by atoms with Gasteiger partial charge in [0.2, 0.25) is 5.91 Å². The van der Waals surface area contributed by atoms with E-state index in [0.717, 1.165) is 6.07 Å². The molecule has 0 radical (unpaired) electrons. The van der Waals surface area contributed by atoms with Crippen LogP contribution in [0.2, 0.25) is 5.02 Å². The lowest BCUT2D eigenvalue weighted by atomic mass is 10.0. The number of anilines is 1. The highest BCUT2D eigenvalue weighted by molar-refractivity contribution is 6.30. The molecule has 9 nitrogen and oxygen atoms in total. The summed E-state index contributed by atoms with van der Waals surface area (Å²) in [4.78, 5) is 46.2. The Bertz CT molecular complexity index is 986.